The molecule has 2 N–H and O–H groups in total. The van der Waals surface area contributed by atoms with Crippen molar-refractivity contribution in [2.45, 2.75) is 60.4 Å². The van der Waals surface area contributed by atoms with Crippen molar-refractivity contribution in [1.82, 2.24) is 20.7 Å². The van der Waals surface area contributed by atoms with Gasteiger partial charge in [-0.05, 0) is 148 Å². The molecule has 414 valence electrons. The largest absolute Gasteiger partial charge is 0.325 e. The van der Waals surface area contributed by atoms with Crippen LogP contribution in [0.5, 0.6) is 0 Å². The molecule has 1 saturated carbocycles. The van der Waals surface area contributed by atoms with Crippen LogP contribution in [-0.2, 0) is 10.8 Å². The summed E-state index contributed by atoms with van der Waals surface area (Å²) in [6.45, 7) is 0. The minimum Gasteiger partial charge on any atom is -0.325 e. The zero-order chi connectivity index (χ0) is 56.8. The summed E-state index contributed by atoms with van der Waals surface area (Å²) in [4.78, 5) is 10.1. The van der Waals surface area contributed by atoms with Gasteiger partial charge in [-0.1, -0.05) is 224 Å². The summed E-state index contributed by atoms with van der Waals surface area (Å²) in [5.74, 6) is 2.36. The van der Waals surface area contributed by atoms with Crippen LogP contribution in [-0.4, -0.2) is 45.9 Å². The van der Waals surface area contributed by atoms with Gasteiger partial charge in [-0.25, -0.2) is 0 Å². The van der Waals surface area contributed by atoms with Crippen molar-refractivity contribution in [2.75, 3.05) is 9.80 Å². The van der Waals surface area contributed by atoms with Crippen LogP contribution in [0.4, 0.5) is 34.1 Å². The Hall–Kier alpha value is -10.4. The van der Waals surface area contributed by atoms with E-state index in [1.54, 1.807) is 0 Å². The molecule has 0 spiro atoms. The number of nitrogens with one attached hydrogen (secondary N) is 2. The molecule has 5 aliphatic heterocycles. The molecule has 1 aliphatic carbocycles. The lowest BCUT2D eigenvalue weighted by molar-refractivity contribution is -0.0133. The predicted octanol–water partition coefficient (Wildman–Crippen LogP) is 16.2. The maximum atomic E-state index is 5.30. The fourth-order valence-electron chi connectivity index (χ4n) is 16.0. The van der Waals surface area contributed by atoms with Gasteiger partial charge in [-0.3, -0.25) is 10.9 Å². The topological polar surface area (TPSA) is 61.7 Å². The molecule has 2 fully saturated rings. The molecule has 5 unspecified atom stereocenters. The number of piperazine rings is 1. The quantitative estimate of drug-likeness (QED) is 0.150. The first kappa shape index (κ1) is 50.1. The van der Waals surface area contributed by atoms with Gasteiger partial charge in [0.2, 0.25) is 0 Å². The molecule has 6 aliphatic rings. The molecule has 11 aromatic carbocycles. The second-order valence-corrected chi connectivity index (χ2v) is 23.7. The highest BCUT2D eigenvalue weighted by atomic mass is 15.6. The summed E-state index contributed by atoms with van der Waals surface area (Å²) >= 11 is 0. The summed E-state index contributed by atoms with van der Waals surface area (Å²) in [6, 6.07) is 110. The number of fused-ring (bicyclic) bond motifs is 10. The number of hydrazone groups is 2. The standard InChI is InChI=1S/C78H62N8/c1-6-24-53(25-7-1)56-46-51-71-72(52-56)86-74(55-44-49-62(50-45-55)84-69-40-22-18-36-65(69)78(59-30-12-4-13-31-59,60-32-14-5-15-33-60)66-37-19-23-41-70(66)84)80-82-76(86)75-81-79-73(85(71)75)54-42-47-61(48-43-54)83-67-38-20-16-34-63(67)77(57-26-8-2-9-27-57,58-28-10-3-11-29-58)64-35-17-21-39-68(64)83/h1-45,47-50,56,71-72,75-76,81-82H,46,51-52H2. The Morgan fingerprint density at radius 1 is 0.314 bits per heavy atom. The Labute approximate surface area is 502 Å². The van der Waals surface area contributed by atoms with Crippen molar-refractivity contribution in [2.24, 2.45) is 10.2 Å². The summed E-state index contributed by atoms with van der Waals surface area (Å²) in [5.41, 5.74) is 26.7. The van der Waals surface area contributed by atoms with E-state index in [0.717, 1.165) is 76.2 Å². The fraction of sp³-hybridized carbons (Fsp3) is 0.128. The van der Waals surface area contributed by atoms with E-state index in [0.29, 0.717) is 5.92 Å². The van der Waals surface area contributed by atoms with E-state index in [2.05, 4.69) is 328 Å². The molecule has 5 heterocycles. The van der Waals surface area contributed by atoms with Crippen LogP contribution in [0.1, 0.15) is 86.4 Å². The maximum absolute atomic E-state index is 5.30. The van der Waals surface area contributed by atoms with Crippen LogP contribution < -0.4 is 20.7 Å². The van der Waals surface area contributed by atoms with E-state index in [1.807, 2.05) is 0 Å². The second kappa shape index (κ2) is 20.1. The van der Waals surface area contributed by atoms with E-state index in [-0.39, 0.29) is 24.4 Å². The Balaban J connectivity index is 0.708. The van der Waals surface area contributed by atoms with Crippen molar-refractivity contribution in [3.05, 3.63) is 358 Å². The van der Waals surface area contributed by atoms with Crippen molar-refractivity contribution in [3.63, 3.8) is 0 Å². The molecule has 0 bridgehead atoms. The Morgan fingerprint density at radius 3 is 0.988 bits per heavy atom. The van der Waals surface area contributed by atoms with Gasteiger partial charge < -0.3 is 19.6 Å². The van der Waals surface area contributed by atoms with Crippen LogP contribution in [0, 0.1) is 0 Å². The first-order valence-electron chi connectivity index (χ1n) is 30.4. The lowest BCUT2D eigenvalue weighted by atomic mass is 9.62. The first-order chi connectivity index (χ1) is 42.7. The van der Waals surface area contributed by atoms with Gasteiger partial charge in [0.1, 0.15) is 0 Å². The number of hydrogen-bond donors (Lipinski definition) is 2. The summed E-state index contributed by atoms with van der Waals surface area (Å²) < 4.78 is 0. The number of benzene rings is 11. The molecule has 11 aromatic rings. The zero-order valence-corrected chi connectivity index (χ0v) is 47.5. The average molecular weight is 1110 g/mol. The number of nitrogens with zero attached hydrogens (tertiary/aromatic N) is 6. The molecule has 5 atom stereocenters. The molecule has 0 radical (unpaired) electrons. The normalized spacial score (nSPS) is 20.7. The van der Waals surface area contributed by atoms with E-state index >= 15 is 0 Å². The zero-order valence-electron chi connectivity index (χ0n) is 47.5. The van der Waals surface area contributed by atoms with Crippen molar-refractivity contribution >= 4 is 45.8 Å². The van der Waals surface area contributed by atoms with Crippen LogP contribution >= 0.6 is 0 Å². The maximum Gasteiger partial charge on any atom is 0.157 e. The number of para-hydroxylation sites is 4. The van der Waals surface area contributed by atoms with E-state index in [1.165, 1.54) is 50.1 Å². The highest BCUT2D eigenvalue weighted by Crippen LogP contribution is 2.60. The van der Waals surface area contributed by atoms with Crippen molar-refractivity contribution in [1.29, 1.82) is 0 Å². The molecule has 86 heavy (non-hydrogen) atoms. The van der Waals surface area contributed by atoms with E-state index in [9.17, 15) is 0 Å². The molecular weight excluding hydrogens is 1050 g/mol. The SMILES string of the molecule is c1ccc(C2CCC3C(C2)N2C(c4ccc(N5c6ccccc6C(c6ccccc6)(c6ccccc6)c6ccccc65)cc4)=NNC2C2NN=C(c4ccc(N5c6ccccc6C(c6ccccc6)(c6ccccc6)c6ccccc65)cc4)N32)cc1. The molecule has 8 heteroatoms. The molecule has 0 aromatic heterocycles. The van der Waals surface area contributed by atoms with E-state index in [4.69, 9.17) is 10.2 Å². The van der Waals surface area contributed by atoms with Gasteiger partial charge in [0, 0.05) is 22.5 Å². The minimum absolute atomic E-state index is 0.147. The van der Waals surface area contributed by atoms with Crippen LogP contribution in [0.3, 0.4) is 0 Å². The Bertz CT molecular complexity index is 4200. The number of hydrogen-bond acceptors (Lipinski definition) is 8. The summed E-state index contributed by atoms with van der Waals surface area (Å²) in [6.07, 6.45) is 2.78. The van der Waals surface area contributed by atoms with Gasteiger partial charge in [0.25, 0.3) is 0 Å². The van der Waals surface area contributed by atoms with Crippen molar-refractivity contribution < 1.29 is 0 Å². The van der Waals surface area contributed by atoms with Crippen molar-refractivity contribution in [3.8, 4) is 0 Å². The third-order valence-electron chi connectivity index (χ3n) is 19.6. The monoisotopic (exact) mass is 1110 g/mol. The van der Waals surface area contributed by atoms with Gasteiger partial charge >= 0.3 is 0 Å². The summed E-state index contributed by atoms with van der Waals surface area (Å²) in [7, 11) is 0. The smallest absolute Gasteiger partial charge is 0.157 e. The lowest BCUT2D eigenvalue weighted by Crippen LogP contribution is -2.72. The molecule has 0 amide bonds. The predicted molar refractivity (Wildman–Crippen MR) is 347 cm³/mol. The molecule has 8 nitrogen and oxygen atoms in total. The molecule has 1 saturated heterocycles. The fourth-order valence-corrected chi connectivity index (χ4v) is 16.0. The van der Waals surface area contributed by atoms with Gasteiger partial charge in [-0.2, -0.15) is 10.2 Å². The van der Waals surface area contributed by atoms with Gasteiger partial charge in [0.05, 0.1) is 45.7 Å². The van der Waals surface area contributed by atoms with Crippen LogP contribution in [0.25, 0.3) is 0 Å². The minimum atomic E-state index is -0.531. The molecular formula is C78H62N8. The Morgan fingerprint density at radius 2 is 0.628 bits per heavy atom. The number of anilines is 6. The number of amidine groups is 2. The highest BCUT2D eigenvalue weighted by molar-refractivity contribution is 6.03. The highest BCUT2D eigenvalue weighted by Gasteiger charge is 2.56. The molecule has 17 rings (SSSR count). The third-order valence-corrected chi connectivity index (χ3v) is 19.6. The average Bonchev–Trinajstić information content (AvgIpc) is 0.888. The van der Waals surface area contributed by atoms with Gasteiger partial charge in [0.15, 0.2) is 24.0 Å². The third kappa shape index (κ3) is 7.41. The second-order valence-electron chi connectivity index (χ2n) is 23.7. The first-order valence-corrected chi connectivity index (χ1v) is 30.4. The van der Waals surface area contributed by atoms with E-state index < -0.39 is 10.8 Å². The van der Waals surface area contributed by atoms with Crippen LogP contribution in [0.2, 0.25) is 0 Å². The van der Waals surface area contributed by atoms with Gasteiger partial charge in [-0.15, -0.1) is 0 Å². The summed E-state index contributed by atoms with van der Waals surface area (Å²) in [5, 5.41) is 10.6. The van der Waals surface area contributed by atoms with Crippen LogP contribution in [0.15, 0.2) is 307 Å². The Kier molecular flexibility index (Phi) is 11.7. The lowest BCUT2D eigenvalue weighted by Gasteiger charge is -2.55. The number of rotatable bonds is 9.